The van der Waals surface area contributed by atoms with E-state index >= 15 is 0 Å². The molecule has 1 nitrogen and oxygen atoms in total. The van der Waals surface area contributed by atoms with Gasteiger partial charge in [-0.3, -0.25) is 0 Å². The lowest BCUT2D eigenvalue weighted by Crippen LogP contribution is -1.93. The quantitative estimate of drug-likeness (QED) is 0.634. The van der Waals surface area contributed by atoms with Crippen molar-refractivity contribution in [2.24, 2.45) is 0 Å². The van der Waals surface area contributed by atoms with E-state index in [2.05, 4.69) is 51.9 Å². The molecule has 0 saturated heterocycles. The van der Waals surface area contributed by atoms with Crippen LogP contribution in [0.5, 0.6) is 0 Å². The Bertz CT molecular complexity index is 648. The third kappa shape index (κ3) is 1.67. The molecule has 1 heterocycles. The molecule has 80 valence electrons. The second-order valence-corrected chi connectivity index (χ2v) is 6.27. The van der Waals surface area contributed by atoms with E-state index in [4.69, 9.17) is 4.31 Å². The van der Waals surface area contributed by atoms with E-state index in [1.165, 1.54) is 25.5 Å². The normalized spacial score (nSPS) is 12.1. The smallest absolute Gasteiger partial charge is 0.0508 e. The molecule has 3 aromatic rings. The Balaban J connectivity index is 2.43. The lowest BCUT2D eigenvalue weighted by molar-refractivity contribution is 0.751. The number of rotatable bonds is 2. The first-order chi connectivity index (χ1) is 7.90. The maximum Gasteiger partial charge on any atom is 0.0508 e. The third-order valence-electron chi connectivity index (χ3n) is 2.57. The molecule has 2 aromatic carbocycles. The maximum atomic E-state index is 5.20. The number of benzene rings is 2. The summed E-state index contributed by atoms with van der Waals surface area (Å²) in [5.74, 6) is 0. The van der Waals surface area contributed by atoms with Crippen molar-refractivity contribution in [3.63, 3.8) is 0 Å². The first-order valence-electron chi connectivity index (χ1n) is 4.92. The molecule has 0 bridgehead atoms. The fourth-order valence-corrected chi connectivity index (χ4v) is 4.19. The van der Waals surface area contributed by atoms with Gasteiger partial charge in [0, 0.05) is 34.9 Å². The molecule has 0 N–H and O–H groups in total. The topological polar surface area (TPSA) is 9.23 Å². The van der Waals surface area contributed by atoms with Gasteiger partial charge in [0.05, 0.1) is 8.81 Å². The van der Waals surface area contributed by atoms with Crippen molar-refractivity contribution < 1.29 is 4.31 Å². The van der Waals surface area contributed by atoms with E-state index < -0.39 is 0 Å². The number of thiophene rings is 1. The summed E-state index contributed by atoms with van der Waals surface area (Å²) in [6.45, 7) is 0. The molecule has 1 aromatic heterocycles. The largest absolute Gasteiger partial charge is 0.342 e. The summed E-state index contributed by atoms with van der Waals surface area (Å²) in [7, 11) is 2.72. The summed E-state index contributed by atoms with van der Waals surface area (Å²) in [4.78, 5) is 0. The molecule has 0 aliphatic carbocycles. The first kappa shape index (κ1) is 10.6. The lowest BCUT2D eigenvalue weighted by atomic mass is 10.1. The van der Waals surface area contributed by atoms with Crippen LogP contribution in [0.4, 0.5) is 0 Å². The van der Waals surface area contributed by atoms with Crippen LogP contribution in [0.15, 0.2) is 42.5 Å². The van der Waals surface area contributed by atoms with Crippen molar-refractivity contribution in [1.29, 1.82) is 0 Å². The number of fused-ring (bicyclic) bond motifs is 3. The highest BCUT2D eigenvalue weighted by Crippen LogP contribution is 2.35. The summed E-state index contributed by atoms with van der Waals surface area (Å²) in [5.41, 5.74) is 0. The highest BCUT2D eigenvalue weighted by atomic mass is 32.1. The second-order valence-electron chi connectivity index (χ2n) is 3.50. The molecule has 4 heteroatoms. The van der Waals surface area contributed by atoms with Gasteiger partial charge in [-0.15, -0.1) is 11.3 Å². The van der Waals surface area contributed by atoms with Gasteiger partial charge in [-0.1, -0.05) is 30.3 Å². The minimum atomic E-state index is 0.391. The van der Waals surface area contributed by atoms with Crippen LogP contribution in [0.3, 0.4) is 0 Å². The summed E-state index contributed by atoms with van der Waals surface area (Å²) in [6, 6.07) is 15.0. The Morgan fingerprint density at radius 1 is 1.00 bits per heavy atom. The van der Waals surface area contributed by atoms with Gasteiger partial charge in [0.15, 0.2) is 0 Å². The van der Waals surface area contributed by atoms with Crippen molar-refractivity contribution in [2.45, 2.75) is 0 Å². The van der Waals surface area contributed by atoms with Crippen LogP contribution in [0, 0.1) is 0 Å². The van der Waals surface area contributed by atoms with Crippen molar-refractivity contribution in [2.75, 3.05) is 0 Å². The zero-order chi connectivity index (χ0) is 11.0. The fourth-order valence-electron chi connectivity index (χ4n) is 1.92. The van der Waals surface area contributed by atoms with Gasteiger partial charge < -0.3 is 4.31 Å². The SMILES string of the molecule is POPc1cccc2sc3ccccc3c12. The fraction of sp³-hybridized carbons (Fsp3) is 0. The zero-order valence-electron chi connectivity index (χ0n) is 8.44. The average Bonchev–Trinajstić information content (AvgIpc) is 2.68. The number of hydrogen-bond acceptors (Lipinski definition) is 2. The Morgan fingerprint density at radius 2 is 1.81 bits per heavy atom. The molecule has 3 rings (SSSR count). The predicted molar refractivity (Wildman–Crippen MR) is 78.1 cm³/mol. The number of hydrogen-bond donors (Lipinski definition) is 0. The molecule has 0 aliphatic rings. The third-order valence-corrected chi connectivity index (χ3v) is 4.82. The van der Waals surface area contributed by atoms with Crippen LogP contribution >= 0.6 is 29.6 Å². The first-order valence-corrected chi connectivity index (χ1v) is 7.12. The Morgan fingerprint density at radius 3 is 2.69 bits per heavy atom. The van der Waals surface area contributed by atoms with Crippen LogP contribution in [0.25, 0.3) is 20.2 Å². The minimum absolute atomic E-state index is 0.391. The average molecular weight is 264 g/mol. The van der Waals surface area contributed by atoms with Crippen LogP contribution in [-0.2, 0) is 4.31 Å². The Labute approximate surface area is 102 Å². The molecule has 0 radical (unpaired) electrons. The van der Waals surface area contributed by atoms with Crippen molar-refractivity contribution in [3.05, 3.63) is 42.5 Å². The Kier molecular flexibility index (Phi) is 2.91. The lowest BCUT2D eigenvalue weighted by Gasteiger charge is -2.01. The molecule has 0 saturated carbocycles. The molecular weight excluding hydrogens is 254 g/mol. The van der Waals surface area contributed by atoms with Crippen LogP contribution < -0.4 is 5.30 Å². The predicted octanol–water partition coefficient (Wildman–Crippen LogP) is 4.08. The van der Waals surface area contributed by atoms with Crippen molar-refractivity contribution in [1.82, 2.24) is 0 Å². The van der Waals surface area contributed by atoms with Gasteiger partial charge in [0.1, 0.15) is 0 Å². The van der Waals surface area contributed by atoms with E-state index in [0.717, 1.165) is 0 Å². The summed E-state index contributed by atoms with van der Waals surface area (Å²) >= 11 is 1.84. The molecule has 2 unspecified atom stereocenters. The molecular formula is C12H10OP2S. The molecule has 16 heavy (non-hydrogen) atoms. The monoisotopic (exact) mass is 264 g/mol. The summed E-state index contributed by atoms with van der Waals surface area (Å²) < 4.78 is 7.89. The molecule has 0 amide bonds. The molecule has 0 fully saturated rings. The van der Waals surface area contributed by atoms with E-state index in [1.54, 1.807) is 0 Å². The molecule has 2 atom stereocenters. The van der Waals surface area contributed by atoms with E-state index in [9.17, 15) is 0 Å². The summed E-state index contributed by atoms with van der Waals surface area (Å²) in [6.07, 6.45) is 0. The van der Waals surface area contributed by atoms with Gasteiger partial charge in [0.2, 0.25) is 0 Å². The molecule has 0 spiro atoms. The van der Waals surface area contributed by atoms with E-state index in [1.807, 2.05) is 11.3 Å². The van der Waals surface area contributed by atoms with Crippen LogP contribution in [0.2, 0.25) is 0 Å². The van der Waals surface area contributed by atoms with Gasteiger partial charge in [0.25, 0.3) is 0 Å². The molecule has 0 aliphatic heterocycles. The van der Waals surface area contributed by atoms with Crippen LogP contribution in [-0.4, -0.2) is 0 Å². The standard InChI is InChI=1S/C12H10OP2S/c14-13-15-9-5-3-7-11-12(9)8-4-1-2-6-10(8)16-11/h1-7,15H,14H2. The highest BCUT2D eigenvalue weighted by molar-refractivity contribution is 7.48. The van der Waals surface area contributed by atoms with E-state index in [0.29, 0.717) is 8.81 Å². The van der Waals surface area contributed by atoms with Crippen LogP contribution in [0.1, 0.15) is 0 Å². The van der Waals surface area contributed by atoms with Crippen molar-refractivity contribution >= 4 is 55.1 Å². The second kappa shape index (κ2) is 4.39. The van der Waals surface area contributed by atoms with Gasteiger partial charge >= 0.3 is 0 Å². The highest BCUT2D eigenvalue weighted by Gasteiger charge is 2.08. The van der Waals surface area contributed by atoms with Crippen molar-refractivity contribution in [3.8, 4) is 0 Å². The maximum absolute atomic E-state index is 5.20. The van der Waals surface area contributed by atoms with Gasteiger partial charge in [-0.05, 0) is 12.1 Å². The zero-order valence-corrected chi connectivity index (χ0v) is 11.4. The Hall–Kier alpha value is -0.520. The van der Waals surface area contributed by atoms with Gasteiger partial charge in [-0.25, -0.2) is 0 Å². The van der Waals surface area contributed by atoms with Gasteiger partial charge in [-0.2, -0.15) is 0 Å². The van der Waals surface area contributed by atoms with E-state index in [-0.39, 0.29) is 0 Å². The summed E-state index contributed by atoms with van der Waals surface area (Å²) in [5, 5.41) is 3.97. The minimum Gasteiger partial charge on any atom is -0.342 e.